The largest absolute Gasteiger partial charge is 0.360 e. The standard InChI is InChI=1S/C10H15N3O4S/c1-4-5-11-10(14)7-13(18(3,15)16)9-6-8(2)17-12-9/h4,6H,1,5,7H2,2-3H3,(H,11,14). The van der Waals surface area contributed by atoms with Gasteiger partial charge in [0.2, 0.25) is 15.9 Å². The van der Waals surface area contributed by atoms with E-state index in [2.05, 4.69) is 17.1 Å². The zero-order valence-electron chi connectivity index (χ0n) is 10.2. The molecular weight excluding hydrogens is 258 g/mol. The number of aromatic nitrogens is 1. The Kier molecular flexibility index (Phi) is 4.49. The van der Waals surface area contributed by atoms with E-state index in [1.54, 1.807) is 6.92 Å². The van der Waals surface area contributed by atoms with Crippen LogP contribution in [0.25, 0.3) is 0 Å². The monoisotopic (exact) mass is 273 g/mol. The fourth-order valence-corrected chi connectivity index (χ4v) is 1.99. The molecule has 0 atom stereocenters. The first kappa shape index (κ1) is 14.2. The second-order valence-electron chi connectivity index (χ2n) is 3.66. The molecular formula is C10H15N3O4S. The van der Waals surface area contributed by atoms with E-state index >= 15 is 0 Å². The van der Waals surface area contributed by atoms with Gasteiger partial charge >= 0.3 is 0 Å². The van der Waals surface area contributed by atoms with Crippen LogP contribution in [0.5, 0.6) is 0 Å². The maximum Gasteiger partial charge on any atom is 0.241 e. The van der Waals surface area contributed by atoms with Crippen molar-refractivity contribution in [3.8, 4) is 0 Å². The van der Waals surface area contributed by atoms with Gasteiger partial charge in [-0.1, -0.05) is 11.2 Å². The molecule has 8 heteroatoms. The fraction of sp³-hybridized carbons (Fsp3) is 0.400. The molecule has 1 aromatic rings. The first-order valence-corrected chi connectivity index (χ1v) is 6.98. The van der Waals surface area contributed by atoms with Gasteiger partial charge in [-0.2, -0.15) is 0 Å². The zero-order valence-corrected chi connectivity index (χ0v) is 11.0. The van der Waals surface area contributed by atoms with Gasteiger partial charge in [0.05, 0.1) is 6.26 Å². The smallest absolute Gasteiger partial charge is 0.241 e. The lowest BCUT2D eigenvalue weighted by molar-refractivity contribution is -0.119. The average molecular weight is 273 g/mol. The van der Waals surface area contributed by atoms with Gasteiger partial charge in [-0.15, -0.1) is 6.58 Å². The molecule has 0 fully saturated rings. The summed E-state index contributed by atoms with van der Waals surface area (Å²) in [6.45, 7) is 5.01. The Morgan fingerprint density at radius 1 is 1.67 bits per heavy atom. The van der Waals surface area contributed by atoms with Crippen molar-refractivity contribution in [1.82, 2.24) is 10.5 Å². The molecule has 100 valence electrons. The summed E-state index contributed by atoms with van der Waals surface area (Å²) in [7, 11) is -3.60. The van der Waals surface area contributed by atoms with E-state index < -0.39 is 15.9 Å². The van der Waals surface area contributed by atoms with Gasteiger partial charge in [0.15, 0.2) is 5.82 Å². The van der Waals surface area contributed by atoms with E-state index in [1.807, 2.05) is 0 Å². The quantitative estimate of drug-likeness (QED) is 0.739. The molecule has 1 rings (SSSR count). The third-order valence-corrected chi connectivity index (χ3v) is 3.12. The normalized spacial score (nSPS) is 11.0. The summed E-state index contributed by atoms with van der Waals surface area (Å²) in [5.41, 5.74) is 0. The van der Waals surface area contributed by atoms with Crippen molar-refractivity contribution in [3.05, 3.63) is 24.5 Å². The minimum atomic E-state index is -3.60. The molecule has 0 saturated heterocycles. The van der Waals surface area contributed by atoms with Crippen molar-refractivity contribution in [2.75, 3.05) is 23.7 Å². The number of hydrogen-bond acceptors (Lipinski definition) is 5. The van der Waals surface area contributed by atoms with Crippen molar-refractivity contribution < 1.29 is 17.7 Å². The van der Waals surface area contributed by atoms with Gasteiger partial charge in [-0.25, -0.2) is 12.7 Å². The summed E-state index contributed by atoms with van der Waals surface area (Å²) in [4.78, 5) is 11.5. The highest BCUT2D eigenvalue weighted by molar-refractivity contribution is 7.92. The molecule has 0 saturated carbocycles. The Hall–Kier alpha value is -1.83. The lowest BCUT2D eigenvalue weighted by atomic mass is 10.4. The molecule has 0 unspecified atom stereocenters. The number of anilines is 1. The van der Waals surface area contributed by atoms with Gasteiger partial charge < -0.3 is 9.84 Å². The van der Waals surface area contributed by atoms with Crippen LogP contribution < -0.4 is 9.62 Å². The summed E-state index contributed by atoms with van der Waals surface area (Å²) in [6.07, 6.45) is 2.50. The Morgan fingerprint density at radius 2 is 2.33 bits per heavy atom. The summed E-state index contributed by atoms with van der Waals surface area (Å²) in [5.74, 6) is 0.106. The number of carbonyl (C=O) groups is 1. The van der Waals surface area contributed by atoms with Gasteiger partial charge in [0, 0.05) is 12.6 Å². The molecule has 1 amide bonds. The lowest BCUT2D eigenvalue weighted by Crippen LogP contribution is -2.40. The summed E-state index contributed by atoms with van der Waals surface area (Å²) in [5, 5.41) is 6.08. The Labute approximate surface area is 105 Å². The highest BCUT2D eigenvalue weighted by Gasteiger charge is 2.23. The number of hydrogen-bond donors (Lipinski definition) is 1. The topological polar surface area (TPSA) is 92.5 Å². The second-order valence-corrected chi connectivity index (χ2v) is 5.56. The minimum Gasteiger partial charge on any atom is -0.360 e. The highest BCUT2D eigenvalue weighted by atomic mass is 32.2. The maximum atomic E-state index is 11.6. The van der Waals surface area contributed by atoms with E-state index in [0.29, 0.717) is 5.76 Å². The van der Waals surface area contributed by atoms with Crippen molar-refractivity contribution in [2.24, 2.45) is 0 Å². The number of rotatable bonds is 6. The van der Waals surface area contributed by atoms with Crippen molar-refractivity contribution in [1.29, 1.82) is 0 Å². The number of amides is 1. The van der Waals surface area contributed by atoms with E-state index in [-0.39, 0.29) is 18.9 Å². The Bertz CT molecular complexity index is 535. The van der Waals surface area contributed by atoms with Crippen LogP contribution in [0.4, 0.5) is 5.82 Å². The third kappa shape index (κ3) is 3.88. The number of nitrogens with one attached hydrogen (secondary N) is 1. The molecule has 0 aliphatic rings. The van der Waals surface area contributed by atoms with Crippen LogP contribution in [0, 0.1) is 6.92 Å². The SMILES string of the molecule is C=CCNC(=O)CN(c1cc(C)on1)S(C)(=O)=O. The molecule has 0 spiro atoms. The van der Waals surface area contributed by atoms with Crippen LogP contribution >= 0.6 is 0 Å². The molecule has 0 bridgehead atoms. The first-order valence-electron chi connectivity index (χ1n) is 5.13. The molecule has 1 heterocycles. The molecule has 0 aliphatic carbocycles. The van der Waals surface area contributed by atoms with Crippen molar-refractivity contribution in [3.63, 3.8) is 0 Å². The van der Waals surface area contributed by atoms with Gasteiger partial charge in [-0.05, 0) is 6.92 Å². The predicted molar refractivity (Wildman–Crippen MR) is 66.6 cm³/mol. The molecule has 1 aromatic heterocycles. The third-order valence-electron chi connectivity index (χ3n) is 2.00. The summed E-state index contributed by atoms with van der Waals surface area (Å²) in [6, 6.07) is 1.45. The van der Waals surface area contributed by atoms with Gasteiger partial charge in [0.25, 0.3) is 0 Å². The van der Waals surface area contributed by atoms with E-state index in [4.69, 9.17) is 4.52 Å². The van der Waals surface area contributed by atoms with Crippen molar-refractivity contribution in [2.45, 2.75) is 6.92 Å². The molecule has 0 aromatic carbocycles. The van der Waals surface area contributed by atoms with E-state index in [1.165, 1.54) is 12.1 Å². The first-order chi connectivity index (χ1) is 8.34. The number of nitrogens with zero attached hydrogens (tertiary/aromatic N) is 2. The Balaban J connectivity index is 2.88. The number of sulfonamides is 1. The van der Waals surface area contributed by atoms with Gasteiger partial charge in [0.1, 0.15) is 12.3 Å². The van der Waals surface area contributed by atoms with E-state index in [9.17, 15) is 13.2 Å². The molecule has 0 aliphatic heterocycles. The van der Waals surface area contributed by atoms with Crippen LogP contribution in [0.1, 0.15) is 5.76 Å². The molecule has 0 radical (unpaired) electrons. The maximum absolute atomic E-state index is 11.6. The second kappa shape index (κ2) is 5.67. The highest BCUT2D eigenvalue weighted by Crippen LogP contribution is 2.16. The zero-order chi connectivity index (χ0) is 13.8. The van der Waals surface area contributed by atoms with Crippen LogP contribution in [0.15, 0.2) is 23.2 Å². The molecule has 18 heavy (non-hydrogen) atoms. The van der Waals surface area contributed by atoms with Crippen LogP contribution in [-0.2, 0) is 14.8 Å². The minimum absolute atomic E-state index is 0.0868. The lowest BCUT2D eigenvalue weighted by Gasteiger charge is -2.18. The average Bonchev–Trinajstić information content (AvgIpc) is 2.68. The Morgan fingerprint density at radius 3 is 2.78 bits per heavy atom. The van der Waals surface area contributed by atoms with Gasteiger partial charge in [-0.3, -0.25) is 4.79 Å². The fourth-order valence-electron chi connectivity index (χ4n) is 1.21. The molecule has 7 nitrogen and oxygen atoms in total. The van der Waals surface area contributed by atoms with E-state index in [0.717, 1.165) is 10.6 Å². The predicted octanol–water partition coefficient (Wildman–Crippen LogP) is 0.0512. The van der Waals surface area contributed by atoms with Crippen LogP contribution in [-0.4, -0.2) is 38.8 Å². The summed E-state index contributed by atoms with van der Waals surface area (Å²) < 4.78 is 28.9. The molecule has 1 N–H and O–H groups in total. The van der Waals surface area contributed by atoms with Crippen LogP contribution in [0.2, 0.25) is 0 Å². The number of aryl methyl sites for hydroxylation is 1. The van der Waals surface area contributed by atoms with Crippen LogP contribution in [0.3, 0.4) is 0 Å². The summed E-state index contributed by atoms with van der Waals surface area (Å²) >= 11 is 0. The van der Waals surface area contributed by atoms with Crippen molar-refractivity contribution >= 4 is 21.7 Å². The number of carbonyl (C=O) groups excluding carboxylic acids is 1.